The molecule has 3 aliphatic heterocycles. The number of benzene rings is 13. The number of carbonyl (C=O) groups is 2. The number of rotatable bonds is 6. The van der Waals surface area contributed by atoms with Crippen molar-refractivity contribution in [2.75, 3.05) is 0 Å². The summed E-state index contributed by atoms with van der Waals surface area (Å²) in [4.78, 5) is 26.7. The molecule has 3 aliphatic rings. The first-order chi connectivity index (χ1) is 49.2. The number of nitrogens with zero attached hydrogens (tertiary/aromatic N) is 3. The van der Waals surface area contributed by atoms with E-state index in [0.717, 1.165) is 88.4 Å². The van der Waals surface area contributed by atoms with Crippen LogP contribution in [0.15, 0.2) is 320 Å². The smallest absolute Gasteiger partial charge is 0.399 e. The molecule has 16 aromatic rings. The Labute approximate surface area is 606 Å². The summed E-state index contributed by atoms with van der Waals surface area (Å²) in [6.45, 7) is 8.36. The van der Waals surface area contributed by atoms with Crippen LogP contribution >= 0.6 is 31.9 Å². The second-order valence-corrected chi connectivity index (χ2v) is 32.4. The van der Waals surface area contributed by atoms with E-state index < -0.39 is 19.7 Å². The molecule has 0 N–H and O–H groups in total. The van der Waals surface area contributed by atoms with E-state index in [4.69, 9.17) is 9.31 Å². The van der Waals surface area contributed by atoms with Gasteiger partial charge >= 0.3 is 7.12 Å². The van der Waals surface area contributed by atoms with Crippen LogP contribution in [0.3, 0.4) is 0 Å². The fourth-order valence-corrected chi connectivity index (χ4v) is 18.8. The molecule has 0 atom stereocenters. The number of sulfone groups is 2. The fourth-order valence-electron chi connectivity index (χ4n) is 14.6. The Morgan fingerprint density at radius 1 is 0.304 bits per heavy atom. The third kappa shape index (κ3) is 10.6. The maximum atomic E-state index is 14.3. The molecule has 13 aromatic carbocycles. The molecule has 3 aromatic heterocycles. The summed E-state index contributed by atoms with van der Waals surface area (Å²) in [6.07, 6.45) is 0. The lowest BCUT2D eigenvalue weighted by Crippen LogP contribution is -2.41. The summed E-state index contributed by atoms with van der Waals surface area (Å²) in [7, 11) is -7.99. The largest absolute Gasteiger partial charge is 0.494 e. The Bertz CT molecular complexity index is 6430. The van der Waals surface area contributed by atoms with Crippen LogP contribution < -0.4 is 5.46 Å². The fraction of sp³-hybridized carbons (Fsp3) is 0.0698. The quantitative estimate of drug-likeness (QED) is 0.150. The zero-order chi connectivity index (χ0) is 70.1. The van der Waals surface area contributed by atoms with Gasteiger partial charge in [-0.1, -0.05) is 177 Å². The van der Waals surface area contributed by atoms with Crippen molar-refractivity contribution in [1.82, 2.24) is 13.7 Å². The second-order valence-electron chi connectivity index (χ2n) is 26.8. The Kier molecular flexibility index (Phi) is 15.6. The van der Waals surface area contributed by atoms with Crippen molar-refractivity contribution in [3.8, 4) is 39.3 Å². The highest BCUT2D eigenvalue weighted by molar-refractivity contribution is 9.10. The van der Waals surface area contributed by atoms with E-state index in [9.17, 15) is 26.4 Å². The number of aromatic nitrogens is 3. The van der Waals surface area contributed by atoms with Gasteiger partial charge in [0.15, 0.2) is 11.6 Å². The summed E-state index contributed by atoms with van der Waals surface area (Å²) < 4.78 is 74.3. The second kappa shape index (κ2) is 24.6. The normalized spacial score (nSPS) is 15.2. The van der Waals surface area contributed by atoms with E-state index in [-0.39, 0.29) is 71.7 Å². The highest BCUT2D eigenvalue weighted by Crippen LogP contribution is 2.44. The minimum absolute atomic E-state index is 0.0361. The van der Waals surface area contributed by atoms with Gasteiger partial charge in [0.05, 0.1) is 63.9 Å². The van der Waals surface area contributed by atoms with E-state index in [1.165, 1.54) is 40.0 Å². The molecule has 0 unspecified atom stereocenters. The van der Waals surface area contributed by atoms with Crippen molar-refractivity contribution in [2.24, 2.45) is 0 Å². The summed E-state index contributed by atoms with van der Waals surface area (Å²) in [5.74, 6) is -0.565. The lowest BCUT2D eigenvalue weighted by molar-refractivity contribution is 0.00578. The molecule has 0 saturated carbocycles. The predicted molar refractivity (Wildman–Crippen MR) is 415 cm³/mol. The SMILES string of the molecule is CC1(C)OB(c2ccc3c(c2)c2ccccc2n3-c2ccccc2)OC1(C)C.O=C1c2cc(-c3ccc4c(c3)c3ccccc3n4-c3ccccc3)ccc2S(=O)(=O)c2cc(-c3ccc4c(c3)c3ccccc3n4-c3ccccc3)ccc21.O=C1c2cc(Br)ccc2S(=O)(=O)c2cc(Br)ccc21. The average Bonchev–Trinajstić information content (AvgIpc) is 1.18. The topological polar surface area (TPSA) is 136 Å². The lowest BCUT2D eigenvalue weighted by Gasteiger charge is -2.32. The van der Waals surface area contributed by atoms with E-state index in [2.05, 4.69) is 213 Å². The first-order valence-electron chi connectivity index (χ1n) is 33.3. The maximum absolute atomic E-state index is 14.3. The Morgan fingerprint density at radius 2 is 0.637 bits per heavy atom. The Morgan fingerprint density at radius 3 is 1.12 bits per heavy atom. The Hall–Kier alpha value is -10.6. The zero-order valence-electron chi connectivity index (χ0n) is 55.5. The van der Waals surface area contributed by atoms with Gasteiger partial charge in [-0.15, -0.1) is 0 Å². The summed E-state index contributed by atoms with van der Waals surface area (Å²) >= 11 is 6.48. The molecule has 19 rings (SSSR count). The number of hydrogen-bond acceptors (Lipinski definition) is 8. The van der Waals surface area contributed by atoms with E-state index in [0.29, 0.717) is 8.95 Å². The van der Waals surface area contributed by atoms with Gasteiger partial charge in [0.1, 0.15) is 0 Å². The van der Waals surface area contributed by atoms with Crippen LogP contribution in [0.25, 0.3) is 105 Å². The molecular weight excluding hydrogens is 1440 g/mol. The van der Waals surface area contributed by atoms with Crippen molar-refractivity contribution in [3.05, 3.63) is 322 Å². The zero-order valence-corrected chi connectivity index (χ0v) is 60.3. The van der Waals surface area contributed by atoms with Gasteiger partial charge < -0.3 is 23.0 Å². The molecule has 1 fully saturated rings. The Balaban J connectivity index is 0.000000136. The molecule has 6 heterocycles. The van der Waals surface area contributed by atoms with Gasteiger partial charge in [0, 0.05) is 80.6 Å². The molecule has 0 radical (unpaired) electrons. The monoisotopic (exact) mass is 1500 g/mol. The minimum atomic E-state index is -3.99. The number of hydrogen-bond donors (Lipinski definition) is 0. The summed E-state index contributed by atoms with van der Waals surface area (Å²) in [6, 6.07) is 94.8. The van der Waals surface area contributed by atoms with Crippen LogP contribution in [0.2, 0.25) is 0 Å². The van der Waals surface area contributed by atoms with Gasteiger partial charge in [-0.25, -0.2) is 16.8 Å². The highest BCUT2D eigenvalue weighted by Gasteiger charge is 2.52. The van der Waals surface area contributed by atoms with Crippen LogP contribution in [0.5, 0.6) is 0 Å². The van der Waals surface area contributed by atoms with Crippen LogP contribution in [0.1, 0.15) is 59.5 Å². The van der Waals surface area contributed by atoms with E-state index >= 15 is 0 Å². The van der Waals surface area contributed by atoms with Crippen molar-refractivity contribution in [1.29, 1.82) is 0 Å². The third-order valence-corrected chi connectivity index (χ3v) is 25.0. The van der Waals surface area contributed by atoms with Crippen molar-refractivity contribution in [3.63, 3.8) is 0 Å². The number of fused-ring (bicyclic) bond motifs is 13. The van der Waals surface area contributed by atoms with Gasteiger partial charge in [-0.3, -0.25) is 9.59 Å². The van der Waals surface area contributed by atoms with Gasteiger partial charge in [0.25, 0.3) is 0 Å². The number of para-hydroxylation sites is 6. The molecule has 0 amide bonds. The lowest BCUT2D eigenvalue weighted by atomic mass is 9.78. The van der Waals surface area contributed by atoms with Crippen LogP contribution in [0.4, 0.5) is 0 Å². The molecule has 0 aliphatic carbocycles. The highest BCUT2D eigenvalue weighted by atomic mass is 79.9. The van der Waals surface area contributed by atoms with Crippen molar-refractivity contribution < 1.29 is 35.7 Å². The maximum Gasteiger partial charge on any atom is 0.494 e. The van der Waals surface area contributed by atoms with Gasteiger partial charge in [-0.2, -0.15) is 0 Å². The van der Waals surface area contributed by atoms with E-state index in [1.54, 1.807) is 42.5 Å². The molecule has 102 heavy (non-hydrogen) atoms. The van der Waals surface area contributed by atoms with Crippen LogP contribution in [-0.4, -0.2) is 60.4 Å². The molecule has 11 nitrogen and oxygen atoms in total. The van der Waals surface area contributed by atoms with Crippen molar-refractivity contribution in [2.45, 2.75) is 58.5 Å². The van der Waals surface area contributed by atoms with Crippen LogP contribution in [-0.2, 0) is 29.0 Å². The third-order valence-electron chi connectivity index (χ3n) is 20.3. The molecular formula is C86H60BBr2N3O8S2. The summed E-state index contributed by atoms with van der Waals surface area (Å²) in [5.41, 5.74) is 14.5. The van der Waals surface area contributed by atoms with Gasteiger partial charge in [-0.05, 0) is 201 Å². The van der Waals surface area contributed by atoms with Crippen LogP contribution in [0, 0.1) is 0 Å². The van der Waals surface area contributed by atoms with E-state index in [1.807, 2.05) is 91.0 Å². The van der Waals surface area contributed by atoms with Gasteiger partial charge in [0.2, 0.25) is 19.7 Å². The van der Waals surface area contributed by atoms with Crippen molar-refractivity contribution >= 4 is 141 Å². The molecule has 496 valence electrons. The molecule has 16 heteroatoms. The molecule has 1 saturated heterocycles. The molecule has 0 spiro atoms. The number of halogens is 2. The average molecular weight is 1500 g/mol. The first kappa shape index (κ1) is 64.8. The minimum Gasteiger partial charge on any atom is -0.399 e. The molecule has 0 bridgehead atoms. The number of ketones is 2. The first-order valence-corrected chi connectivity index (χ1v) is 37.9. The number of carbonyl (C=O) groups excluding carboxylic acids is 2. The predicted octanol–water partition coefficient (Wildman–Crippen LogP) is 20.3. The standard InChI is InChI=1S/C49H30N2O3S.C24H24BNO2.C13H6Br2O3S/c52-49-39-23-19-34(32-21-25-46-41(28-32)38-16-8-10-18-44(38)51(46)36-13-5-2-6-14-36)30-48(39)55(53,54)47-26-22-33(29-42(47)49)31-20-24-45-40(27-31)37-15-7-9-17-43(37)50(45)35-11-3-1-4-12-35;1-23(2)24(3,4)28-25(27-23)17-14-15-22-20(16-17)19-12-8-9-13-21(19)26(22)18-10-6-5-7-11-18;14-7-2-4-11-10(5-7)13(16)9-3-1-8(15)6-12(9)19(11,17)18/h1-30H;5-16H,1-4H3;1-6H. The summed E-state index contributed by atoms with van der Waals surface area (Å²) in [5, 5.41) is 6.82.